The molecule has 1 heterocycles. The summed E-state index contributed by atoms with van der Waals surface area (Å²) in [7, 11) is 1.59. The van der Waals surface area contributed by atoms with Crippen LogP contribution < -0.4 is 0 Å². The number of hydrogen-bond donors (Lipinski definition) is 0. The number of rotatable bonds is 6. The smallest absolute Gasteiger partial charge is 0.430 e. The van der Waals surface area contributed by atoms with Gasteiger partial charge in [-0.2, -0.15) is 0 Å². The molecule has 1 atom stereocenters. The standard InChI is InChI=1S/C11H17NO6/c1-8(4-3-7-16-2)17-11(15)18-12-9(13)5-6-10(12)14/h8H,3-7H2,1-2H3. The van der Waals surface area contributed by atoms with E-state index in [0.717, 1.165) is 6.42 Å². The van der Waals surface area contributed by atoms with Gasteiger partial charge < -0.3 is 9.47 Å². The lowest BCUT2D eigenvalue weighted by molar-refractivity contribution is -0.178. The zero-order valence-electron chi connectivity index (χ0n) is 10.5. The number of nitrogens with zero attached hydrogens (tertiary/aromatic N) is 1. The fourth-order valence-electron chi connectivity index (χ4n) is 1.49. The van der Waals surface area contributed by atoms with Crippen LogP contribution in [0.25, 0.3) is 0 Å². The fraction of sp³-hybridized carbons (Fsp3) is 0.727. The maximum atomic E-state index is 11.3. The van der Waals surface area contributed by atoms with E-state index in [2.05, 4.69) is 4.84 Å². The Hall–Kier alpha value is -1.63. The molecule has 7 nitrogen and oxygen atoms in total. The minimum Gasteiger partial charge on any atom is -0.430 e. The van der Waals surface area contributed by atoms with Crippen molar-refractivity contribution in [3.8, 4) is 0 Å². The molecule has 0 aromatic rings. The summed E-state index contributed by atoms with van der Waals surface area (Å²) in [5, 5.41) is 0.463. The molecule has 102 valence electrons. The van der Waals surface area contributed by atoms with E-state index < -0.39 is 18.0 Å². The fourth-order valence-corrected chi connectivity index (χ4v) is 1.49. The third-order valence-corrected chi connectivity index (χ3v) is 2.43. The zero-order chi connectivity index (χ0) is 13.5. The van der Waals surface area contributed by atoms with Crippen LogP contribution in [-0.4, -0.2) is 42.9 Å². The summed E-state index contributed by atoms with van der Waals surface area (Å²) in [6, 6.07) is 0. The lowest BCUT2D eigenvalue weighted by Crippen LogP contribution is -2.33. The van der Waals surface area contributed by atoms with E-state index in [0.29, 0.717) is 18.1 Å². The Morgan fingerprint density at radius 1 is 1.33 bits per heavy atom. The number of hydroxylamine groups is 2. The van der Waals surface area contributed by atoms with Gasteiger partial charge in [0.1, 0.15) is 6.10 Å². The number of carbonyl (C=O) groups is 3. The maximum Gasteiger partial charge on any atom is 0.534 e. The Kier molecular flexibility index (Phi) is 5.57. The normalized spacial score (nSPS) is 16.9. The maximum absolute atomic E-state index is 11.3. The van der Waals surface area contributed by atoms with Crippen LogP contribution in [0.2, 0.25) is 0 Å². The molecule has 1 fully saturated rings. The monoisotopic (exact) mass is 259 g/mol. The molecule has 0 aromatic carbocycles. The Morgan fingerprint density at radius 3 is 2.50 bits per heavy atom. The van der Waals surface area contributed by atoms with Crippen molar-refractivity contribution in [1.29, 1.82) is 0 Å². The molecule has 0 N–H and O–H groups in total. The first kappa shape index (κ1) is 14.4. The van der Waals surface area contributed by atoms with Crippen LogP contribution in [0.15, 0.2) is 0 Å². The molecule has 1 saturated heterocycles. The Bertz CT molecular complexity index is 313. The largest absolute Gasteiger partial charge is 0.534 e. The van der Waals surface area contributed by atoms with Crippen LogP contribution in [0.3, 0.4) is 0 Å². The van der Waals surface area contributed by atoms with Crippen molar-refractivity contribution in [3.63, 3.8) is 0 Å². The van der Waals surface area contributed by atoms with Gasteiger partial charge >= 0.3 is 6.16 Å². The second-order valence-corrected chi connectivity index (χ2v) is 3.99. The molecule has 2 amide bonds. The third-order valence-electron chi connectivity index (χ3n) is 2.43. The highest BCUT2D eigenvalue weighted by Gasteiger charge is 2.33. The molecule has 0 saturated carbocycles. The summed E-state index contributed by atoms with van der Waals surface area (Å²) < 4.78 is 9.76. The molecule has 1 rings (SSSR count). The van der Waals surface area contributed by atoms with Gasteiger partial charge in [-0.3, -0.25) is 14.4 Å². The molecule has 1 aliphatic heterocycles. The lowest BCUT2D eigenvalue weighted by atomic mass is 10.2. The number of imide groups is 1. The SMILES string of the molecule is COCCCC(C)OC(=O)ON1C(=O)CCC1=O. The summed E-state index contributed by atoms with van der Waals surface area (Å²) in [5.74, 6) is -1.05. The van der Waals surface area contributed by atoms with Gasteiger partial charge in [0.25, 0.3) is 11.8 Å². The predicted molar refractivity (Wildman–Crippen MR) is 59.2 cm³/mol. The molecule has 0 aliphatic carbocycles. The predicted octanol–water partition coefficient (Wildman–Crippen LogP) is 1.02. The van der Waals surface area contributed by atoms with E-state index in [-0.39, 0.29) is 18.9 Å². The Morgan fingerprint density at radius 2 is 1.94 bits per heavy atom. The first-order valence-electron chi connectivity index (χ1n) is 5.78. The molecular weight excluding hydrogens is 242 g/mol. The topological polar surface area (TPSA) is 82.1 Å². The average Bonchev–Trinajstić information content (AvgIpc) is 2.61. The van der Waals surface area contributed by atoms with E-state index >= 15 is 0 Å². The van der Waals surface area contributed by atoms with E-state index in [4.69, 9.17) is 9.47 Å². The number of hydrogen-bond acceptors (Lipinski definition) is 6. The molecule has 0 radical (unpaired) electrons. The summed E-state index contributed by atoms with van der Waals surface area (Å²) in [6.45, 7) is 2.27. The van der Waals surface area contributed by atoms with E-state index in [9.17, 15) is 14.4 Å². The molecule has 0 bridgehead atoms. The van der Waals surface area contributed by atoms with Crippen molar-refractivity contribution in [2.45, 2.75) is 38.7 Å². The highest BCUT2D eigenvalue weighted by Crippen LogP contribution is 2.13. The highest BCUT2D eigenvalue weighted by atomic mass is 16.8. The average molecular weight is 259 g/mol. The highest BCUT2D eigenvalue weighted by molar-refractivity contribution is 6.01. The van der Waals surface area contributed by atoms with E-state index in [1.807, 2.05) is 0 Å². The first-order chi connectivity index (χ1) is 8.54. The lowest BCUT2D eigenvalue weighted by Gasteiger charge is -2.15. The number of ether oxygens (including phenoxy) is 2. The van der Waals surface area contributed by atoms with Crippen LogP contribution in [0.4, 0.5) is 4.79 Å². The van der Waals surface area contributed by atoms with Gasteiger partial charge in [0.2, 0.25) is 0 Å². The van der Waals surface area contributed by atoms with E-state index in [1.165, 1.54) is 0 Å². The molecule has 18 heavy (non-hydrogen) atoms. The van der Waals surface area contributed by atoms with Crippen molar-refractivity contribution in [3.05, 3.63) is 0 Å². The summed E-state index contributed by atoms with van der Waals surface area (Å²) in [5.41, 5.74) is 0. The second kappa shape index (κ2) is 6.95. The van der Waals surface area contributed by atoms with Gasteiger partial charge in [-0.25, -0.2) is 4.79 Å². The van der Waals surface area contributed by atoms with Gasteiger partial charge in [-0.05, 0) is 19.8 Å². The Balaban J connectivity index is 2.28. The van der Waals surface area contributed by atoms with Crippen molar-refractivity contribution >= 4 is 18.0 Å². The van der Waals surface area contributed by atoms with Crippen LogP contribution in [-0.2, 0) is 23.9 Å². The molecule has 0 aromatic heterocycles. The van der Waals surface area contributed by atoms with Gasteiger partial charge in [0.15, 0.2) is 0 Å². The molecule has 0 spiro atoms. The van der Waals surface area contributed by atoms with Gasteiger partial charge in [0, 0.05) is 26.6 Å². The van der Waals surface area contributed by atoms with Crippen LogP contribution in [0.1, 0.15) is 32.6 Å². The van der Waals surface area contributed by atoms with E-state index in [1.54, 1.807) is 14.0 Å². The molecule has 1 unspecified atom stereocenters. The van der Waals surface area contributed by atoms with Crippen molar-refractivity contribution in [2.24, 2.45) is 0 Å². The number of amides is 2. The minimum atomic E-state index is -1.04. The minimum absolute atomic E-state index is 0.0650. The Labute approximate surface area is 105 Å². The quantitative estimate of drug-likeness (QED) is 0.402. The summed E-state index contributed by atoms with van der Waals surface area (Å²) in [4.78, 5) is 38.2. The van der Waals surface area contributed by atoms with Crippen molar-refractivity contribution in [2.75, 3.05) is 13.7 Å². The van der Waals surface area contributed by atoms with Crippen LogP contribution in [0.5, 0.6) is 0 Å². The van der Waals surface area contributed by atoms with Gasteiger partial charge in [-0.15, -0.1) is 0 Å². The molecular formula is C11H17NO6. The second-order valence-electron chi connectivity index (χ2n) is 3.99. The summed E-state index contributed by atoms with van der Waals surface area (Å²) >= 11 is 0. The first-order valence-corrected chi connectivity index (χ1v) is 5.78. The number of methoxy groups -OCH3 is 1. The van der Waals surface area contributed by atoms with Crippen LogP contribution >= 0.6 is 0 Å². The molecule has 1 aliphatic rings. The zero-order valence-corrected chi connectivity index (χ0v) is 10.5. The third kappa shape index (κ3) is 4.33. The van der Waals surface area contributed by atoms with Crippen molar-refractivity contribution < 1.29 is 28.7 Å². The summed E-state index contributed by atoms with van der Waals surface area (Å²) in [6.07, 6.45) is 0.0894. The van der Waals surface area contributed by atoms with Gasteiger partial charge in [-0.1, -0.05) is 5.06 Å². The number of carbonyl (C=O) groups excluding carboxylic acids is 3. The van der Waals surface area contributed by atoms with Crippen molar-refractivity contribution in [1.82, 2.24) is 5.06 Å². The van der Waals surface area contributed by atoms with Gasteiger partial charge in [0.05, 0.1) is 0 Å². The molecule has 7 heteroatoms. The van der Waals surface area contributed by atoms with Crippen LogP contribution in [0, 0.1) is 0 Å².